The normalized spacial score (nSPS) is 12.9. The second-order valence-corrected chi connectivity index (χ2v) is 6.77. The third-order valence-corrected chi connectivity index (χ3v) is 4.58. The Kier molecular flexibility index (Phi) is 6.37. The number of fused-ring (bicyclic) bond motifs is 1. The topological polar surface area (TPSA) is 68.3 Å². The minimum absolute atomic E-state index is 0.156. The van der Waals surface area contributed by atoms with E-state index in [1.807, 2.05) is 73.7 Å². The molecule has 0 aliphatic rings. The maximum Gasteiger partial charge on any atom is 0.306 e. The van der Waals surface area contributed by atoms with Crippen molar-refractivity contribution in [3.63, 3.8) is 0 Å². The van der Waals surface area contributed by atoms with Gasteiger partial charge in [-0.3, -0.25) is 14.6 Å². The molecule has 3 rings (SSSR count). The number of aromatic nitrogens is 1. The number of nitrogens with zero attached hydrogens (tertiary/aromatic N) is 1. The fourth-order valence-corrected chi connectivity index (χ4v) is 2.94. The van der Waals surface area contributed by atoms with E-state index in [1.54, 1.807) is 6.92 Å². The molecule has 5 nitrogen and oxygen atoms in total. The van der Waals surface area contributed by atoms with Crippen molar-refractivity contribution in [2.24, 2.45) is 0 Å². The van der Waals surface area contributed by atoms with Gasteiger partial charge in [0.25, 0.3) is 5.91 Å². The van der Waals surface area contributed by atoms with Crippen molar-refractivity contribution >= 4 is 22.8 Å². The summed E-state index contributed by atoms with van der Waals surface area (Å²) in [6.07, 6.45) is -0.196. The average Bonchev–Trinajstić information content (AvgIpc) is 2.72. The number of pyridine rings is 1. The molecule has 1 N–H and O–H groups in total. The zero-order valence-corrected chi connectivity index (χ0v) is 16.1. The molecule has 1 heterocycles. The maximum atomic E-state index is 12.3. The lowest BCUT2D eigenvalue weighted by molar-refractivity contribution is -0.155. The molecule has 0 spiro atoms. The van der Waals surface area contributed by atoms with E-state index in [2.05, 4.69) is 10.3 Å². The van der Waals surface area contributed by atoms with Crippen LogP contribution in [0.15, 0.2) is 66.7 Å². The molecule has 0 bridgehead atoms. The summed E-state index contributed by atoms with van der Waals surface area (Å²) in [5.74, 6) is -0.724. The number of esters is 1. The summed E-state index contributed by atoms with van der Waals surface area (Å²) in [6.45, 7) is 3.48. The molecule has 2 unspecified atom stereocenters. The van der Waals surface area contributed by atoms with Crippen LogP contribution < -0.4 is 5.32 Å². The lowest BCUT2D eigenvalue weighted by Crippen LogP contribution is -2.37. The molecule has 1 aromatic heterocycles. The van der Waals surface area contributed by atoms with Gasteiger partial charge >= 0.3 is 5.97 Å². The number of benzene rings is 2. The van der Waals surface area contributed by atoms with Gasteiger partial charge < -0.3 is 10.1 Å². The quantitative estimate of drug-likeness (QED) is 0.634. The number of amides is 1. The van der Waals surface area contributed by atoms with Crippen LogP contribution in [-0.4, -0.2) is 23.0 Å². The standard InChI is InChI=1S/C23H24N2O3/c1-16(18-8-4-3-5-9-18)24-23(27)17(2)28-22(26)15-14-20-13-12-19-10-6-7-11-21(19)25-20/h3-13,16-17H,14-15H2,1-2H3,(H,24,27). The smallest absolute Gasteiger partial charge is 0.306 e. The fraction of sp³-hybridized carbons (Fsp3) is 0.261. The van der Waals surface area contributed by atoms with Crippen molar-refractivity contribution in [2.75, 3.05) is 0 Å². The lowest BCUT2D eigenvalue weighted by atomic mass is 10.1. The first kappa shape index (κ1) is 19.5. The highest BCUT2D eigenvalue weighted by molar-refractivity contribution is 5.83. The minimum Gasteiger partial charge on any atom is -0.453 e. The predicted octanol–water partition coefficient (Wildman–Crippen LogP) is 3.98. The van der Waals surface area contributed by atoms with Crippen LogP contribution in [0.3, 0.4) is 0 Å². The summed E-state index contributed by atoms with van der Waals surface area (Å²) in [5.41, 5.74) is 2.72. The van der Waals surface area contributed by atoms with Crippen molar-refractivity contribution in [1.29, 1.82) is 0 Å². The summed E-state index contributed by atoms with van der Waals surface area (Å²) in [5, 5.41) is 3.93. The Hall–Kier alpha value is -3.21. The number of para-hydroxylation sites is 1. The Balaban J connectivity index is 1.48. The van der Waals surface area contributed by atoms with Crippen LogP contribution in [0.25, 0.3) is 10.9 Å². The molecule has 0 aliphatic carbocycles. The Labute approximate surface area is 164 Å². The highest BCUT2D eigenvalue weighted by Gasteiger charge is 2.20. The molecule has 0 aliphatic heterocycles. The van der Waals surface area contributed by atoms with Crippen LogP contribution in [-0.2, 0) is 20.7 Å². The van der Waals surface area contributed by atoms with Gasteiger partial charge in [-0.15, -0.1) is 0 Å². The fourth-order valence-electron chi connectivity index (χ4n) is 2.94. The van der Waals surface area contributed by atoms with Crippen molar-refractivity contribution in [1.82, 2.24) is 10.3 Å². The van der Waals surface area contributed by atoms with Gasteiger partial charge in [0.15, 0.2) is 6.10 Å². The minimum atomic E-state index is -0.844. The van der Waals surface area contributed by atoms with E-state index in [0.717, 1.165) is 22.2 Å². The van der Waals surface area contributed by atoms with Crippen LogP contribution in [0.5, 0.6) is 0 Å². The zero-order chi connectivity index (χ0) is 19.9. The Morgan fingerprint density at radius 2 is 1.68 bits per heavy atom. The Bertz CT molecular complexity index is 956. The molecular weight excluding hydrogens is 352 g/mol. The van der Waals surface area contributed by atoms with Gasteiger partial charge in [-0.1, -0.05) is 54.6 Å². The maximum absolute atomic E-state index is 12.3. The first-order valence-electron chi connectivity index (χ1n) is 9.42. The number of ether oxygens (including phenoxy) is 1. The Morgan fingerprint density at radius 1 is 0.964 bits per heavy atom. The molecule has 3 aromatic rings. The van der Waals surface area contributed by atoms with E-state index in [9.17, 15) is 9.59 Å². The van der Waals surface area contributed by atoms with Crippen LogP contribution in [0.2, 0.25) is 0 Å². The van der Waals surface area contributed by atoms with E-state index >= 15 is 0 Å². The summed E-state index contributed by atoms with van der Waals surface area (Å²) in [6, 6.07) is 21.2. The predicted molar refractivity (Wildman–Crippen MR) is 109 cm³/mol. The largest absolute Gasteiger partial charge is 0.453 e. The van der Waals surface area contributed by atoms with Gasteiger partial charge in [-0.25, -0.2) is 0 Å². The number of aryl methyl sites for hydroxylation is 1. The summed E-state index contributed by atoms with van der Waals surface area (Å²) < 4.78 is 5.28. The van der Waals surface area contributed by atoms with E-state index in [0.29, 0.717) is 6.42 Å². The van der Waals surface area contributed by atoms with Gasteiger partial charge in [-0.05, 0) is 31.5 Å². The summed E-state index contributed by atoms with van der Waals surface area (Å²) >= 11 is 0. The SMILES string of the molecule is CC(OC(=O)CCc1ccc2ccccc2n1)C(=O)NC(C)c1ccccc1. The van der Waals surface area contributed by atoms with Crippen LogP contribution in [0, 0.1) is 0 Å². The highest BCUT2D eigenvalue weighted by Crippen LogP contribution is 2.14. The van der Waals surface area contributed by atoms with Gasteiger partial charge in [0.05, 0.1) is 18.0 Å². The van der Waals surface area contributed by atoms with Crippen molar-refractivity contribution in [3.05, 3.63) is 78.0 Å². The molecular formula is C23H24N2O3. The molecule has 5 heteroatoms. The summed E-state index contributed by atoms with van der Waals surface area (Å²) in [7, 11) is 0. The molecule has 2 atom stereocenters. The first-order valence-corrected chi connectivity index (χ1v) is 9.42. The van der Waals surface area contributed by atoms with Crippen molar-refractivity contribution in [2.45, 2.75) is 38.8 Å². The van der Waals surface area contributed by atoms with Gasteiger partial charge in [0.2, 0.25) is 0 Å². The monoisotopic (exact) mass is 376 g/mol. The molecule has 0 saturated heterocycles. The Morgan fingerprint density at radius 3 is 2.46 bits per heavy atom. The van der Waals surface area contributed by atoms with Crippen molar-refractivity contribution in [3.8, 4) is 0 Å². The molecule has 28 heavy (non-hydrogen) atoms. The molecule has 144 valence electrons. The zero-order valence-electron chi connectivity index (χ0n) is 16.1. The third kappa shape index (κ3) is 5.16. The second kappa shape index (κ2) is 9.13. The number of hydrogen-bond acceptors (Lipinski definition) is 4. The van der Waals surface area contributed by atoms with Gasteiger partial charge in [0, 0.05) is 17.5 Å². The van der Waals surface area contributed by atoms with Crippen molar-refractivity contribution < 1.29 is 14.3 Å². The number of carbonyl (C=O) groups excluding carboxylic acids is 2. The third-order valence-electron chi connectivity index (χ3n) is 4.58. The lowest BCUT2D eigenvalue weighted by Gasteiger charge is -2.18. The van der Waals surface area contributed by atoms with E-state index in [1.165, 1.54) is 0 Å². The molecule has 0 radical (unpaired) electrons. The van der Waals surface area contributed by atoms with Crippen LogP contribution >= 0.6 is 0 Å². The first-order chi connectivity index (χ1) is 13.5. The van der Waals surface area contributed by atoms with Gasteiger partial charge in [-0.2, -0.15) is 0 Å². The molecule has 2 aromatic carbocycles. The number of rotatable bonds is 7. The number of nitrogens with one attached hydrogen (secondary N) is 1. The van der Waals surface area contributed by atoms with Gasteiger partial charge in [0.1, 0.15) is 0 Å². The second-order valence-electron chi connectivity index (χ2n) is 6.77. The van der Waals surface area contributed by atoms with E-state index in [4.69, 9.17) is 4.74 Å². The van der Waals surface area contributed by atoms with E-state index < -0.39 is 12.1 Å². The number of hydrogen-bond donors (Lipinski definition) is 1. The molecule has 0 saturated carbocycles. The van der Waals surface area contributed by atoms with E-state index in [-0.39, 0.29) is 18.4 Å². The molecule has 1 amide bonds. The average molecular weight is 376 g/mol. The summed E-state index contributed by atoms with van der Waals surface area (Å²) in [4.78, 5) is 29.0. The van der Waals surface area contributed by atoms with Crippen LogP contribution in [0.4, 0.5) is 0 Å². The molecule has 0 fully saturated rings. The number of carbonyl (C=O) groups is 2. The van der Waals surface area contributed by atoms with Crippen LogP contribution in [0.1, 0.15) is 37.6 Å². The highest BCUT2D eigenvalue weighted by atomic mass is 16.5.